The van der Waals surface area contributed by atoms with Crippen LogP contribution in [0, 0.1) is 17.0 Å². The van der Waals surface area contributed by atoms with Crippen LogP contribution in [0.5, 0.6) is 0 Å². The Kier molecular flexibility index (Phi) is 4.33. The quantitative estimate of drug-likeness (QED) is 0.355. The van der Waals surface area contributed by atoms with Crippen molar-refractivity contribution >= 4 is 16.6 Å². The summed E-state index contributed by atoms with van der Waals surface area (Å²) in [4.78, 5) is 14.7. The number of benzene rings is 2. The van der Waals surface area contributed by atoms with Crippen LogP contribution >= 0.6 is 0 Å². The van der Waals surface area contributed by atoms with E-state index in [9.17, 15) is 23.3 Å². The lowest BCUT2D eigenvalue weighted by molar-refractivity contribution is -0.384. The Morgan fingerprint density at radius 2 is 1.86 bits per heavy atom. The Morgan fingerprint density at radius 3 is 2.52 bits per heavy atom. The van der Waals surface area contributed by atoms with Crippen LogP contribution in [-0.2, 0) is 12.7 Å². The molecule has 0 bridgehead atoms. The molecule has 10 heteroatoms. The second-order valence-electron chi connectivity index (χ2n) is 6.46. The van der Waals surface area contributed by atoms with E-state index in [1.807, 2.05) is 17.6 Å². The Hall–Kier alpha value is -3.69. The molecule has 4 aromatic rings. The maximum Gasteiger partial charge on any atom is 0.416 e. The van der Waals surface area contributed by atoms with Crippen LogP contribution in [0.2, 0.25) is 0 Å². The Morgan fingerprint density at radius 1 is 1.14 bits per heavy atom. The average molecular weight is 402 g/mol. The Labute approximate surface area is 161 Å². The molecule has 148 valence electrons. The summed E-state index contributed by atoms with van der Waals surface area (Å²) in [7, 11) is 0. The van der Waals surface area contributed by atoms with Crippen molar-refractivity contribution in [1.29, 1.82) is 0 Å². The van der Waals surface area contributed by atoms with Crippen LogP contribution in [0.4, 0.5) is 18.9 Å². The lowest BCUT2D eigenvalue weighted by Crippen LogP contribution is -2.04. The van der Waals surface area contributed by atoms with E-state index in [1.54, 1.807) is 6.07 Å². The predicted molar refractivity (Wildman–Crippen MR) is 97.2 cm³/mol. The molecule has 29 heavy (non-hydrogen) atoms. The van der Waals surface area contributed by atoms with Gasteiger partial charge in [0.15, 0.2) is 5.82 Å². The minimum absolute atomic E-state index is 0.00111. The zero-order valence-electron chi connectivity index (χ0n) is 15.0. The molecule has 0 fully saturated rings. The molecule has 2 heterocycles. The highest BCUT2D eigenvalue weighted by molar-refractivity contribution is 5.83. The molecule has 0 unspecified atom stereocenters. The number of rotatable bonds is 4. The van der Waals surface area contributed by atoms with Crippen LogP contribution in [-0.4, -0.2) is 19.6 Å². The van der Waals surface area contributed by atoms with Gasteiger partial charge in [0.25, 0.3) is 11.6 Å². The summed E-state index contributed by atoms with van der Waals surface area (Å²) < 4.78 is 45.1. The first kappa shape index (κ1) is 18.7. The molecule has 0 spiro atoms. The molecule has 4 rings (SSSR count). The number of nitrogens with zero attached hydrogens (tertiary/aromatic N) is 4. The van der Waals surface area contributed by atoms with Crippen molar-refractivity contribution in [3.63, 3.8) is 0 Å². The SMILES string of the molecule is Cc1cc2cc([N+](=O)[O-])ccc2n1Cc1noc(-c2ccc(C(F)(F)F)cc2)n1. The predicted octanol–water partition coefficient (Wildman–Crippen LogP) is 4.98. The van der Waals surface area contributed by atoms with E-state index < -0.39 is 16.7 Å². The Bertz CT molecular complexity index is 1210. The van der Waals surface area contributed by atoms with E-state index in [2.05, 4.69) is 10.1 Å². The number of aryl methyl sites for hydroxylation is 1. The summed E-state index contributed by atoms with van der Waals surface area (Å²) in [5.74, 6) is 0.442. The maximum absolute atomic E-state index is 12.7. The van der Waals surface area contributed by atoms with Crippen molar-refractivity contribution in [3.8, 4) is 11.5 Å². The highest BCUT2D eigenvalue weighted by atomic mass is 19.4. The highest BCUT2D eigenvalue weighted by Crippen LogP contribution is 2.31. The third-order valence-electron chi connectivity index (χ3n) is 4.53. The van der Waals surface area contributed by atoms with Gasteiger partial charge in [0, 0.05) is 34.3 Å². The molecule has 0 radical (unpaired) electrons. The fourth-order valence-electron chi connectivity index (χ4n) is 3.10. The fourth-order valence-corrected chi connectivity index (χ4v) is 3.10. The molecule has 2 aromatic heterocycles. The number of alkyl halides is 3. The van der Waals surface area contributed by atoms with E-state index in [4.69, 9.17) is 4.52 Å². The van der Waals surface area contributed by atoms with Gasteiger partial charge >= 0.3 is 6.18 Å². The number of hydrogen-bond donors (Lipinski definition) is 0. The molecule has 0 aliphatic carbocycles. The minimum atomic E-state index is -4.42. The summed E-state index contributed by atoms with van der Waals surface area (Å²) in [6, 6.07) is 10.8. The van der Waals surface area contributed by atoms with Crippen molar-refractivity contribution in [3.05, 3.63) is 75.7 Å². The first-order valence-electron chi connectivity index (χ1n) is 8.47. The third kappa shape index (κ3) is 3.56. The van der Waals surface area contributed by atoms with Crippen molar-refractivity contribution in [2.75, 3.05) is 0 Å². The van der Waals surface area contributed by atoms with Gasteiger partial charge in [-0.15, -0.1) is 0 Å². The van der Waals surface area contributed by atoms with Gasteiger partial charge in [-0.1, -0.05) is 5.16 Å². The monoisotopic (exact) mass is 402 g/mol. The smallest absolute Gasteiger partial charge is 0.337 e. The van der Waals surface area contributed by atoms with E-state index in [0.717, 1.165) is 23.3 Å². The molecule has 0 saturated heterocycles. The molecular formula is C19H13F3N4O3. The molecular weight excluding hydrogens is 389 g/mol. The molecule has 0 aliphatic rings. The molecule has 0 N–H and O–H groups in total. The number of halogens is 3. The molecule has 0 aliphatic heterocycles. The zero-order valence-corrected chi connectivity index (χ0v) is 15.0. The van der Waals surface area contributed by atoms with Gasteiger partial charge in [-0.3, -0.25) is 10.1 Å². The van der Waals surface area contributed by atoms with Crippen molar-refractivity contribution < 1.29 is 22.6 Å². The van der Waals surface area contributed by atoms with E-state index in [1.165, 1.54) is 24.3 Å². The number of hydrogen-bond acceptors (Lipinski definition) is 5. The average Bonchev–Trinajstić information content (AvgIpc) is 3.26. The minimum Gasteiger partial charge on any atom is -0.337 e. The van der Waals surface area contributed by atoms with E-state index in [0.29, 0.717) is 16.8 Å². The highest BCUT2D eigenvalue weighted by Gasteiger charge is 2.30. The summed E-state index contributed by atoms with van der Waals surface area (Å²) in [6.07, 6.45) is -4.42. The van der Waals surface area contributed by atoms with E-state index >= 15 is 0 Å². The van der Waals surface area contributed by atoms with Crippen LogP contribution in [0.3, 0.4) is 0 Å². The molecule has 0 amide bonds. The summed E-state index contributed by atoms with van der Waals surface area (Å²) in [6.45, 7) is 2.10. The summed E-state index contributed by atoms with van der Waals surface area (Å²) >= 11 is 0. The number of fused-ring (bicyclic) bond motifs is 1. The van der Waals surface area contributed by atoms with E-state index in [-0.39, 0.29) is 18.1 Å². The van der Waals surface area contributed by atoms with Gasteiger partial charge in [0.2, 0.25) is 0 Å². The largest absolute Gasteiger partial charge is 0.416 e. The molecule has 7 nitrogen and oxygen atoms in total. The van der Waals surface area contributed by atoms with Crippen LogP contribution in [0.1, 0.15) is 17.1 Å². The van der Waals surface area contributed by atoms with Gasteiger partial charge < -0.3 is 9.09 Å². The second kappa shape index (κ2) is 6.73. The first-order chi connectivity index (χ1) is 13.7. The number of nitro groups is 1. The van der Waals surface area contributed by atoms with Crippen molar-refractivity contribution in [2.24, 2.45) is 0 Å². The number of aromatic nitrogens is 3. The first-order valence-corrected chi connectivity index (χ1v) is 8.47. The van der Waals surface area contributed by atoms with Gasteiger partial charge in [0.1, 0.15) is 0 Å². The number of non-ortho nitro benzene ring substituents is 1. The van der Waals surface area contributed by atoms with Crippen molar-refractivity contribution in [1.82, 2.24) is 14.7 Å². The molecule has 0 saturated carbocycles. The summed E-state index contributed by atoms with van der Waals surface area (Å²) in [5, 5.41) is 15.6. The lowest BCUT2D eigenvalue weighted by atomic mass is 10.1. The Balaban J connectivity index is 1.61. The molecule has 0 atom stereocenters. The standard InChI is InChI=1S/C19H13F3N4O3/c1-11-8-13-9-15(26(27)28)6-7-16(13)25(11)10-17-23-18(29-24-17)12-2-4-14(5-3-12)19(20,21)22/h2-9H,10H2,1H3. The van der Waals surface area contributed by atoms with Crippen LogP contribution in [0.25, 0.3) is 22.4 Å². The normalized spacial score (nSPS) is 11.9. The van der Waals surface area contributed by atoms with Crippen LogP contribution in [0.15, 0.2) is 53.1 Å². The van der Waals surface area contributed by atoms with Crippen molar-refractivity contribution in [2.45, 2.75) is 19.6 Å². The maximum atomic E-state index is 12.7. The topological polar surface area (TPSA) is 87.0 Å². The van der Waals surface area contributed by atoms with Gasteiger partial charge in [-0.2, -0.15) is 18.2 Å². The van der Waals surface area contributed by atoms with Gasteiger partial charge in [-0.05, 0) is 43.3 Å². The molecule has 2 aromatic carbocycles. The zero-order chi connectivity index (χ0) is 20.8. The third-order valence-corrected chi connectivity index (χ3v) is 4.53. The fraction of sp³-hybridized carbons (Fsp3) is 0.158. The van der Waals surface area contributed by atoms with Gasteiger partial charge in [-0.25, -0.2) is 0 Å². The van der Waals surface area contributed by atoms with Crippen LogP contribution < -0.4 is 0 Å². The summed E-state index contributed by atoms with van der Waals surface area (Å²) in [5.41, 5.74) is 1.24. The second-order valence-corrected chi connectivity index (χ2v) is 6.46. The lowest BCUT2D eigenvalue weighted by Gasteiger charge is -2.06. The number of nitro benzene ring substituents is 1. The van der Waals surface area contributed by atoms with Gasteiger partial charge in [0.05, 0.1) is 17.0 Å².